The lowest BCUT2D eigenvalue weighted by atomic mass is 10.1. The Labute approximate surface area is 149 Å². The summed E-state index contributed by atoms with van der Waals surface area (Å²) in [5, 5.41) is 9.69. The third kappa shape index (κ3) is 3.50. The van der Waals surface area contributed by atoms with Crippen LogP contribution in [0.1, 0.15) is 0 Å². The number of benzene rings is 3. The van der Waals surface area contributed by atoms with Crippen LogP contribution in [0.4, 0.5) is 17.1 Å². The predicted octanol–water partition coefficient (Wildman–Crippen LogP) is 5.54. The van der Waals surface area contributed by atoms with Gasteiger partial charge in [-0.25, -0.2) is 0 Å². The molecule has 0 amide bonds. The SMILES string of the molecule is Nc1c(Cl)cc(NC(=S)Nc2cccc3ccccc23)cc1Cl. The molecule has 0 fully saturated rings. The zero-order chi connectivity index (χ0) is 16.4. The van der Waals surface area contributed by atoms with Crippen molar-refractivity contribution in [1.82, 2.24) is 0 Å². The number of rotatable bonds is 2. The van der Waals surface area contributed by atoms with Crippen LogP contribution in [-0.4, -0.2) is 5.11 Å². The van der Waals surface area contributed by atoms with E-state index in [1.54, 1.807) is 12.1 Å². The Kier molecular flexibility index (Phi) is 4.57. The molecule has 0 atom stereocenters. The van der Waals surface area contributed by atoms with Gasteiger partial charge in [0.2, 0.25) is 0 Å². The van der Waals surface area contributed by atoms with E-state index < -0.39 is 0 Å². The molecule has 23 heavy (non-hydrogen) atoms. The Morgan fingerprint density at radius 2 is 1.57 bits per heavy atom. The van der Waals surface area contributed by atoms with Crippen molar-refractivity contribution in [2.75, 3.05) is 16.4 Å². The van der Waals surface area contributed by atoms with E-state index in [4.69, 9.17) is 41.2 Å². The minimum atomic E-state index is 0.354. The van der Waals surface area contributed by atoms with Crippen LogP contribution in [0, 0.1) is 0 Å². The molecule has 0 aromatic heterocycles. The van der Waals surface area contributed by atoms with Crippen molar-refractivity contribution in [3.8, 4) is 0 Å². The van der Waals surface area contributed by atoms with Gasteiger partial charge in [-0.1, -0.05) is 59.6 Å². The van der Waals surface area contributed by atoms with Crippen molar-refractivity contribution in [3.05, 3.63) is 64.6 Å². The molecule has 0 radical (unpaired) electrons. The van der Waals surface area contributed by atoms with Crippen molar-refractivity contribution >= 4 is 68.4 Å². The molecule has 0 heterocycles. The lowest BCUT2D eigenvalue weighted by molar-refractivity contribution is 1.61. The highest BCUT2D eigenvalue weighted by molar-refractivity contribution is 7.80. The molecule has 3 aromatic rings. The second kappa shape index (κ2) is 6.62. The van der Waals surface area contributed by atoms with Gasteiger partial charge >= 0.3 is 0 Å². The number of nitrogens with two attached hydrogens (primary N) is 1. The second-order valence-corrected chi connectivity index (χ2v) is 6.18. The summed E-state index contributed by atoms with van der Waals surface area (Å²) in [6.07, 6.45) is 0. The van der Waals surface area contributed by atoms with E-state index >= 15 is 0 Å². The number of halogens is 2. The van der Waals surface area contributed by atoms with Gasteiger partial charge in [-0.3, -0.25) is 0 Å². The number of fused-ring (bicyclic) bond motifs is 1. The van der Waals surface area contributed by atoms with Crippen LogP contribution in [0.2, 0.25) is 10.0 Å². The fourth-order valence-corrected chi connectivity index (χ4v) is 2.99. The third-order valence-corrected chi connectivity index (χ3v) is 4.20. The van der Waals surface area contributed by atoms with Gasteiger partial charge in [0.1, 0.15) is 0 Å². The number of hydrogen-bond acceptors (Lipinski definition) is 2. The van der Waals surface area contributed by atoms with Crippen LogP contribution in [-0.2, 0) is 0 Å². The molecular weight excluding hydrogens is 349 g/mol. The quantitative estimate of drug-likeness (QED) is 0.414. The third-order valence-electron chi connectivity index (χ3n) is 3.37. The highest BCUT2D eigenvalue weighted by Gasteiger charge is 2.07. The van der Waals surface area contributed by atoms with E-state index in [1.165, 1.54) is 0 Å². The summed E-state index contributed by atoms with van der Waals surface area (Å²) < 4.78 is 0. The van der Waals surface area contributed by atoms with Crippen molar-refractivity contribution in [1.29, 1.82) is 0 Å². The maximum atomic E-state index is 6.03. The highest BCUT2D eigenvalue weighted by Crippen LogP contribution is 2.31. The maximum absolute atomic E-state index is 6.03. The van der Waals surface area contributed by atoms with Crippen LogP contribution < -0.4 is 16.4 Å². The number of nitrogen functional groups attached to an aromatic ring is 1. The number of anilines is 3. The number of thiocarbonyl (C=S) groups is 1. The average Bonchev–Trinajstić information content (AvgIpc) is 2.53. The van der Waals surface area contributed by atoms with Crippen molar-refractivity contribution < 1.29 is 0 Å². The summed E-state index contributed by atoms with van der Waals surface area (Å²) in [6.45, 7) is 0. The minimum absolute atomic E-state index is 0.354. The molecule has 3 aromatic carbocycles. The molecule has 6 heteroatoms. The molecule has 0 saturated carbocycles. The molecular formula is C17H13Cl2N3S. The summed E-state index contributed by atoms with van der Waals surface area (Å²) in [7, 11) is 0. The van der Waals surface area contributed by atoms with Crippen LogP contribution in [0.5, 0.6) is 0 Å². The lowest BCUT2D eigenvalue weighted by Gasteiger charge is -2.13. The zero-order valence-electron chi connectivity index (χ0n) is 11.9. The Hall–Kier alpha value is -2.01. The number of hydrogen-bond donors (Lipinski definition) is 3. The molecule has 0 aliphatic heterocycles. The first-order chi connectivity index (χ1) is 11.0. The second-order valence-electron chi connectivity index (χ2n) is 4.96. The monoisotopic (exact) mass is 361 g/mol. The summed E-state index contributed by atoms with van der Waals surface area (Å²) in [4.78, 5) is 0. The van der Waals surface area contributed by atoms with Gasteiger partial charge < -0.3 is 16.4 Å². The molecule has 116 valence electrons. The van der Waals surface area contributed by atoms with Gasteiger partial charge in [0.15, 0.2) is 5.11 Å². The maximum Gasteiger partial charge on any atom is 0.175 e. The Morgan fingerprint density at radius 1 is 0.913 bits per heavy atom. The Morgan fingerprint density at radius 3 is 2.30 bits per heavy atom. The van der Waals surface area contributed by atoms with Crippen molar-refractivity contribution in [2.24, 2.45) is 0 Å². The fourth-order valence-electron chi connectivity index (χ4n) is 2.28. The molecule has 4 N–H and O–H groups in total. The van der Waals surface area contributed by atoms with Crippen LogP contribution >= 0.6 is 35.4 Å². The average molecular weight is 362 g/mol. The first-order valence-electron chi connectivity index (χ1n) is 6.85. The normalized spacial score (nSPS) is 10.5. The molecule has 3 nitrogen and oxygen atoms in total. The van der Waals surface area contributed by atoms with Gasteiger partial charge in [0, 0.05) is 16.8 Å². The van der Waals surface area contributed by atoms with E-state index in [2.05, 4.69) is 22.8 Å². The van der Waals surface area contributed by atoms with E-state index in [0.29, 0.717) is 26.5 Å². The first-order valence-corrected chi connectivity index (χ1v) is 8.01. The molecule has 3 rings (SSSR count). The van der Waals surface area contributed by atoms with Gasteiger partial charge in [0.05, 0.1) is 15.7 Å². The van der Waals surface area contributed by atoms with Gasteiger partial charge in [-0.15, -0.1) is 0 Å². The Bertz CT molecular complexity index is 868. The summed E-state index contributed by atoms with van der Waals surface area (Å²) in [5.74, 6) is 0. The molecule has 0 spiro atoms. The molecule has 0 bridgehead atoms. The predicted molar refractivity (Wildman–Crippen MR) is 105 cm³/mol. The van der Waals surface area contributed by atoms with Crippen molar-refractivity contribution in [3.63, 3.8) is 0 Å². The highest BCUT2D eigenvalue weighted by atomic mass is 35.5. The van der Waals surface area contributed by atoms with Gasteiger partial charge in [0.25, 0.3) is 0 Å². The zero-order valence-corrected chi connectivity index (χ0v) is 14.3. The smallest absolute Gasteiger partial charge is 0.175 e. The van der Waals surface area contributed by atoms with Crippen LogP contribution in [0.25, 0.3) is 10.8 Å². The molecule has 0 aliphatic carbocycles. The standard InChI is InChI=1S/C17H13Cl2N3S/c18-13-8-11(9-14(19)16(13)20)21-17(23)22-15-7-3-5-10-4-1-2-6-12(10)15/h1-9H,20H2,(H2,21,22,23). The fraction of sp³-hybridized carbons (Fsp3) is 0. The minimum Gasteiger partial charge on any atom is -0.396 e. The first kappa shape index (κ1) is 15.9. The molecule has 0 aliphatic rings. The van der Waals surface area contributed by atoms with Gasteiger partial charge in [-0.2, -0.15) is 0 Å². The van der Waals surface area contributed by atoms with Crippen LogP contribution in [0.15, 0.2) is 54.6 Å². The van der Waals surface area contributed by atoms with Crippen LogP contribution in [0.3, 0.4) is 0 Å². The lowest BCUT2D eigenvalue weighted by Crippen LogP contribution is -2.19. The van der Waals surface area contributed by atoms with E-state index in [9.17, 15) is 0 Å². The molecule has 0 unspecified atom stereocenters. The number of nitrogens with one attached hydrogen (secondary N) is 2. The van der Waals surface area contributed by atoms with Crippen molar-refractivity contribution in [2.45, 2.75) is 0 Å². The van der Waals surface area contributed by atoms with E-state index in [1.807, 2.05) is 30.3 Å². The largest absolute Gasteiger partial charge is 0.396 e. The Balaban J connectivity index is 1.82. The summed E-state index contributed by atoms with van der Waals surface area (Å²) >= 11 is 17.4. The van der Waals surface area contributed by atoms with E-state index in [0.717, 1.165) is 16.5 Å². The molecule has 0 saturated heterocycles. The topological polar surface area (TPSA) is 50.1 Å². The van der Waals surface area contributed by atoms with Gasteiger partial charge in [-0.05, 0) is 35.8 Å². The van der Waals surface area contributed by atoms with E-state index in [-0.39, 0.29) is 0 Å². The summed E-state index contributed by atoms with van der Waals surface area (Å²) in [5.41, 5.74) is 7.68. The summed E-state index contributed by atoms with van der Waals surface area (Å²) in [6, 6.07) is 17.4.